The van der Waals surface area contributed by atoms with Crippen LogP contribution >= 0.6 is 0 Å². The average molecular weight is 448 g/mol. The van der Waals surface area contributed by atoms with Gasteiger partial charge in [0.25, 0.3) is 10.2 Å². The third-order valence-corrected chi connectivity index (χ3v) is 5.86. The van der Waals surface area contributed by atoms with E-state index in [9.17, 15) is 8.42 Å². The molecule has 1 saturated heterocycles. The molecule has 0 bridgehead atoms. The Balaban J connectivity index is 1.66. The van der Waals surface area contributed by atoms with Crippen LogP contribution in [0.3, 0.4) is 0 Å². The van der Waals surface area contributed by atoms with Crippen LogP contribution in [0.2, 0.25) is 0 Å². The highest BCUT2D eigenvalue weighted by atomic mass is 32.2. The maximum atomic E-state index is 11.0. The van der Waals surface area contributed by atoms with Crippen molar-refractivity contribution in [3.05, 3.63) is 24.5 Å². The molecule has 1 aromatic carbocycles. The summed E-state index contributed by atoms with van der Waals surface area (Å²) in [6.45, 7) is 1.81. The fourth-order valence-electron chi connectivity index (χ4n) is 3.68. The number of nitrogens with two attached hydrogens (primary N) is 1. The number of rotatable bonds is 8. The number of fused-ring (bicyclic) bond motifs is 1. The SMILES string of the molecule is COc1cc2nc(-c3cnn(C)c3)nc(N3CC(CCNS(N)(=O)=O)C3)c2cc1OC. The van der Waals surface area contributed by atoms with Crippen molar-refractivity contribution in [3.8, 4) is 22.9 Å². The topological polar surface area (TPSA) is 137 Å². The molecule has 1 fully saturated rings. The maximum Gasteiger partial charge on any atom is 0.274 e. The van der Waals surface area contributed by atoms with E-state index in [-0.39, 0.29) is 0 Å². The maximum absolute atomic E-state index is 11.0. The Kier molecular flexibility index (Phi) is 5.69. The molecule has 0 aliphatic carbocycles. The van der Waals surface area contributed by atoms with E-state index in [2.05, 4.69) is 14.7 Å². The summed E-state index contributed by atoms with van der Waals surface area (Å²) in [7, 11) is 1.35. The number of nitrogens with one attached hydrogen (secondary N) is 1. The van der Waals surface area contributed by atoms with Crippen LogP contribution in [0, 0.1) is 5.92 Å². The van der Waals surface area contributed by atoms with E-state index in [1.165, 1.54) is 0 Å². The van der Waals surface area contributed by atoms with E-state index in [0.29, 0.717) is 36.2 Å². The summed E-state index contributed by atoms with van der Waals surface area (Å²) in [5.74, 6) is 2.89. The Bertz CT molecular complexity index is 1210. The van der Waals surface area contributed by atoms with Crippen LogP contribution in [0.5, 0.6) is 11.5 Å². The molecule has 1 aliphatic heterocycles. The fraction of sp³-hybridized carbons (Fsp3) is 0.421. The zero-order valence-electron chi connectivity index (χ0n) is 17.6. The molecule has 0 amide bonds. The Morgan fingerprint density at radius 1 is 1.19 bits per heavy atom. The van der Waals surface area contributed by atoms with Crippen molar-refractivity contribution in [3.63, 3.8) is 0 Å². The molecule has 2 aromatic heterocycles. The summed E-state index contributed by atoms with van der Waals surface area (Å²) in [5, 5.41) is 10.1. The predicted octanol–water partition coefficient (Wildman–Crippen LogP) is 0.667. The van der Waals surface area contributed by atoms with Crippen LogP contribution in [0.1, 0.15) is 6.42 Å². The van der Waals surface area contributed by atoms with Crippen LogP contribution in [0.15, 0.2) is 24.5 Å². The highest BCUT2D eigenvalue weighted by Crippen LogP contribution is 2.38. The molecule has 1 aliphatic rings. The van der Waals surface area contributed by atoms with Crippen molar-refractivity contribution in [1.82, 2.24) is 24.5 Å². The molecule has 0 saturated carbocycles. The molecule has 31 heavy (non-hydrogen) atoms. The van der Waals surface area contributed by atoms with Crippen molar-refractivity contribution in [2.45, 2.75) is 6.42 Å². The van der Waals surface area contributed by atoms with Gasteiger partial charge in [-0.1, -0.05) is 0 Å². The van der Waals surface area contributed by atoms with Crippen molar-refractivity contribution in [2.24, 2.45) is 18.1 Å². The first-order valence-corrected chi connectivity index (χ1v) is 11.3. The Labute approximate surface area is 180 Å². The van der Waals surface area contributed by atoms with E-state index in [1.807, 2.05) is 25.4 Å². The Hall–Kier alpha value is -2.96. The minimum Gasteiger partial charge on any atom is -0.493 e. The van der Waals surface area contributed by atoms with E-state index >= 15 is 0 Å². The molecule has 11 nitrogen and oxygen atoms in total. The van der Waals surface area contributed by atoms with Crippen LogP contribution in [0.25, 0.3) is 22.3 Å². The number of methoxy groups -OCH3 is 2. The number of anilines is 1. The van der Waals surface area contributed by atoms with Crippen LogP contribution < -0.4 is 24.2 Å². The molecule has 0 spiro atoms. The third-order valence-electron chi connectivity index (χ3n) is 5.26. The number of ether oxygens (including phenoxy) is 2. The van der Waals surface area contributed by atoms with Gasteiger partial charge >= 0.3 is 0 Å². The number of aryl methyl sites for hydroxylation is 1. The van der Waals surface area contributed by atoms with E-state index in [1.54, 1.807) is 25.1 Å². The van der Waals surface area contributed by atoms with Gasteiger partial charge in [0.05, 0.1) is 31.5 Å². The molecule has 3 aromatic rings. The van der Waals surface area contributed by atoms with Gasteiger partial charge in [0.1, 0.15) is 5.82 Å². The lowest BCUT2D eigenvalue weighted by molar-refractivity contribution is 0.355. The lowest BCUT2D eigenvalue weighted by Gasteiger charge is -2.40. The predicted molar refractivity (Wildman–Crippen MR) is 116 cm³/mol. The molecule has 0 radical (unpaired) electrons. The number of benzene rings is 1. The minimum atomic E-state index is -3.66. The van der Waals surface area contributed by atoms with Gasteiger partial charge in [-0.3, -0.25) is 4.68 Å². The van der Waals surface area contributed by atoms with Crippen molar-refractivity contribution >= 4 is 26.9 Å². The van der Waals surface area contributed by atoms with E-state index in [4.69, 9.17) is 24.6 Å². The lowest BCUT2D eigenvalue weighted by Crippen LogP contribution is -2.48. The summed E-state index contributed by atoms with van der Waals surface area (Å²) in [6.07, 6.45) is 4.29. The molecular weight excluding hydrogens is 422 g/mol. The molecule has 3 N–H and O–H groups in total. The van der Waals surface area contributed by atoms with E-state index < -0.39 is 10.2 Å². The number of aromatic nitrogens is 4. The molecule has 4 rings (SSSR count). The van der Waals surface area contributed by atoms with Crippen molar-refractivity contribution < 1.29 is 17.9 Å². The quantitative estimate of drug-likeness (QED) is 0.514. The monoisotopic (exact) mass is 447 g/mol. The summed E-state index contributed by atoms with van der Waals surface area (Å²) >= 11 is 0. The zero-order chi connectivity index (χ0) is 22.2. The second-order valence-electron chi connectivity index (χ2n) is 7.50. The highest BCUT2D eigenvalue weighted by Gasteiger charge is 2.30. The number of hydrogen-bond acceptors (Lipinski definition) is 8. The van der Waals surface area contributed by atoms with E-state index in [0.717, 1.165) is 35.4 Å². The van der Waals surface area contributed by atoms with Gasteiger partial charge in [0.2, 0.25) is 0 Å². The smallest absolute Gasteiger partial charge is 0.274 e. The lowest BCUT2D eigenvalue weighted by atomic mass is 9.96. The number of hydrogen-bond donors (Lipinski definition) is 2. The second kappa shape index (κ2) is 8.29. The van der Waals surface area contributed by atoms with Gasteiger partial charge in [0, 0.05) is 44.3 Å². The number of nitrogens with zero attached hydrogens (tertiary/aromatic N) is 5. The first kappa shape index (κ1) is 21.3. The summed E-state index contributed by atoms with van der Waals surface area (Å²) < 4.78 is 37.0. The third kappa shape index (κ3) is 4.55. The summed E-state index contributed by atoms with van der Waals surface area (Å²) in [6, 6.07) is 3.72. The molecular formula is C19H25N7O4S. The standard InChI is InChI=1S/C19H25N7O4S/c1-25-11-13(8-21-25)18-23-15-7-17(30-3)16(29-2)6-14(15)19(24-18)26-9-12(10-26)4-5-22-31(20,27)28/h6-8,11-12,22H,4-5,9-10H2,1-3H3,(H2,20,27,28). The molecule has 12 heteroatoms. The average Bonchev–Trinajstić information content (AvgIpc) is 3.13. The largest absolute Gasteiger partial charge is 0.493 e. The molecule has 0 unspecified atom stereocenters. The van der Waals surface area contributed by atoms with Crippen molar-refractivity contribution in [1.29, 1.82) is 0 Å². The molecule has 166 valence electrons. The van der Waals surface area contributed by atoms with Crippen LogP contribution in [0.4, 0.5) is 5.82 Å². The fourth-order valence-corrected chi connectivity index (χ4v) is 4.08. The van der Waals surface area contributed by atoms with Gasteiger partial charge in [-0.15, -0.1) is 0 Å². The molecule has 0 atom stereocenters. The minimum absolute atomic E-state index is 0.313. The summed E-state index contributed by atoms with van der Waals surface area (Å²) in [5.41, 5.74) is 1.55. The first-order chi connectivity index (χ1) is 14.8. The van der Waals surface area contributed by atoms with Gasteiger partial charge in [0.15, 0.2) is 17.3 Å². The van der Waals surface area contributed by atoms with Crippen LogP contribution in [-0.2, 0) is 17.3 Å². The highest BCUT2D eigenvalue weighted by molar-refractivity contribution is 7.87. The summed E-state index contributed by atoms with van der Waals surface area (Å²) in [4.78, 5) is 11.7. The van der Waals surface area contributed by atoms with Crippen LogP contribution in [-0.4, -0.2) is 62.0 Å². The van der Waals surface area contributed by atoms with Gasteiger partial charge < -0.3 is 14.4 Å². The van der Waals surface area contributed by atoms with Gasteiger partial charge in [-0.25, -0.2) is 19.8 Å². The first-order valence-electron chi connectivity index (χ1n) is 9.72. The Morgan fingerprint density at radius 2 is 1.90 bits per heavy atom. The Morgan fingerprint density at radius 3 is 2.52 bits per heavy atom. The second-order valence-corrected chi connectivity index (χ2v) is 8.88. The van der Waals surface area contributed by atoms with Crippen molar-refractivity contribution in [2.75, 3.05) is 38.8 Å². The van der Waals surface area contributed by atoms with Gasteiger partial charge in [-0.2, -0.15) is 13.5 Å². The normalized spacial score (nSPS) is 14.6. The molecule has 3 heterocycles. The van der Waals surface area contributed by atoms with Gasteiger partial charge in [-0.05, 0) is 18.4 Å². The zero-order valence-corrected chi connectivity index (χ0v) is 18.4.